The van der Waals surface area contributed by atoms with Crippen LogP contribution in [-0.2, 0) is 0 Å². The Hall–Kier alpha value is -2.01. The highest BCUT2D eigenvalue weighted by atomic mass is 16.5. The van der Waals surface area contributed by atoms with Gasteiger partial charge in [-0.15, -0.1) is 0 Å². The number of benzene rings is 1. The molecule has 0 radical (unpaired) electrons. The van der Waals surface area contributed by atoms with Gasteiger partial charge in [0.05, 0.1) is 13.2 Å². The number of rotatable bonds is 9. The Balaban J connectivity index is 2.02. The van der Waals surface area contributed by atoms with Crippen molar-refractivity contribution in [3.63, 3.8) is 0 Å². The maximum atomic E-state index is 12.4. The quantitative estimate of drug-likeness (QED) is 0.683. The number of nitrogens with one attached hydrogen (secondary N) is 2. The Morgan fingerprint density at radius 1 is 1.17 bits per heavy atom. The Bertz CT molecular complexity index is 570. The Labute approximate surface area is 144 Å². The molecular weight excluding hydrogens is 304 g/mol. The third kappa shape index (κ3) is 5.57. The number of amides is 1. The van der Waals surface area contributed by atoms with Crippen molar-refractivity contribution >= 4 is 5.91 Å². The lowest BCUT2D eigenvalue weighted by molar-refractivity contribution is 0.0956. The first-order valence-corrected chi connectivity index (χ1v) is 8.81. The number of carbonyl (C=O) groups excluding carboxylic acids is 1. The number of carbonyl (C=O) groups is 1. The van der Waals surface area contributed by atoms with E-state index in [1.807, 2.05) is 6.07 Å². The van der Waals surface area contributed by atoms with Crippen LogP contribution in [0.3, 0.4) is 0 Å². The Morgan fingerprint density at radius 2 is 1.92 bits per heavy atom. The molecule has 5 heteroatoms. The van der Waals surface area contributed by atoms with E-state index in [0.717, 1.165) is 32.4 Å². The SMILES string of the molecule is CCCOc1ccc(C(=O)NCC2=CCNCC2)cc1OCCC. The van der Waals surface area contributed by atoms with E-state index in [0.29, 0.717) is 36.8 Å². The molecule has 0 aromatic heterocycles. The van der Waals surface area contributed by atoms with Crippen LogP contribution < -0.4 is 20.1 Å². The molecule has 0 bridgehead atoms. The largest absolute Gasteiger partial charge is 0.490 e. The van der Waals surface area contributed by atoms with E-state index in [1.54, 1.807) is 12.1 Å². The van der Waals surface area contributed by atoms with Crippen LogP contribution in [0.1, 0.15) is 43.5 Å². The number of hydrogen-bond donors (Lipinski definition) is 2. The van der Waals surface area contributed by atoms with Gasteiger partial charge in [-0.2, -0.15) is 0 Å². The minimum atomic E-state index is -0.0853. The topological polar surface area (TPSA) is 59.6 Å². The molecule has 0 saturated heterocycles. The summed E-state index contributed by atoms with van der Waals surface area (Å²) in [6.45, 7) is 7.80. The zero-order valence-electron chi connectivity index (χ0n) is 14.7. The molecular formula is C19H28N2O3. The van der Waals surface area contributed by atoms with Gasteiger partial charge in [0, 0.05) is 18.7 Å². The lowest BCUT2D eigenvalue weighted by atomic mass is 10.1. The predicted octanol–water partition coefficient (Wildman–Crippen LogP) is 2.91. The normalized spacial score (nSPS) is 14.0. The summed E-state index contributed by atoms with van der Waals surface area (Å²) in [7, 11) is 0. The third-order valence-electron chi connectivity index (χ3n) is 3.76. The molecule has 1 aliphatic rings. The molecule has 1 heterocycles. The smallest absolute Gasteiger partial charge is 0.251 e. The Kier molecular flexibility index (Phi) is 7.62. The van der Waals surface area contributed by atoms with Gasteiger partial charge in [0.25, 0.3) is 5.91 Å². The van der Waals surface area contributed by atoms with Crippen LogP contribution in [-0.4, -0.2) is 38.8 Å². The van der Waals surface area contributed by atoms with Crippen molar-refractivity contribution in [1.82, 2.24) is 10.6 Å². The first-order valence-electron chi connectivity index (χ1n) is 8.81. The van der Waals surface area contributed by atoms with Gasteiger partial charge >= 0.3 is 0 Å². The lowest BCUT2D eigenvalue weighted by Crippen LogP contribution is -2.29. The van der Waals surface area contributed by atoms with E-state index in [1.165, 1.54) is 5.57 Å². The molecule has 0 aliphatic carbocycles. The van der Waals surface area contributed by atoms with Crippen molar-refractivity contribution in [2.45, 2.75) is 33.1 Å². The zero-order valence-corrected chi connectivity index (χ0v) is 14.7. The van der Waals surface area contributed by atoms with Gasteiger partial charge in [-0.25, -0.2) is 0 Å². The molecule has 0 spiro atoms. The van der Waals surface area contributed by atoms with Crippen molar-refractivity contribution in [3.05, 3.63) is 35.4 Å². The van der Waals surface area contributed by atoms with Gasteiger partial charge in [0.15, 0.2) is 11.5 Å². The summed E-state index contributed by atoms with van der Waals surface area (Å²) in [5.74, 6) is 1.25. The average molecular weight is 332 g/mol. The van der Waals surface area contributed by atoms with Crippen molar-refractivity contribution < 1.29 is 14.3 Å². The molecule has 132 valence electrons. The molecule has 5 nitrogen and oxygen atoms in total. The summed E-state index contributed by atoms with van der Waals surface area (Å²) >= 11 is 0. The van der Waals surface area contributed by atoms with Gasteiger partial charge in [-0.05, 0) is 44.0 Å². The summed E-state index contributed by atoms with van der Waals surface area (Å²) in [5, 5.41) is 6.25. The molecule has 1 aromatic rings. The molecule has 0 saturated carbocycles. The highest BCUT2D eigenvalue weighted by Gasteiger charge is 2.12. The van der Waals surface area contributed by atoms with Crippen LogP contribution in [0.5, 0.6) is 11.5 Å². The van der Waals surface area contributed by atoms with E-state index in [-0.39, 0.29) is 5.91 Å². The standard InChI is InChI=1S/C19H28N2O3/c1-3-11-23-17-6-5-16(13-18(17)24-12-4-2)19(22)21-14-15-7-9-20-10-8-15/h5-7,13,20H,3-4,8-12,14H2,1-2H3,(H,21,22). The zero-order chi connectivity index (χ0) is 17.2. The van der Waals surface area contributed by atoms with E-state index >= 15 is 0 Å². The molecule has 2 N–H and O–H groups in total. The maximum Gasteiger partial charge on any atom is 0.251 e. The molecule has 0 fully saturated rings. The number of ether oxygens (including phenoxy) is 2. The van der Waals surface area contributed by atoms with Gasteiger partial charge < -0.3 is 20.1 Å². The van der Waals surface area contributed by atoms with Crippen LogP contribution in [0.25, 0.3) is 0 Å². The molecule has 0 atom stereocenters. The second-order valence-corrected chi connectivity index (χ2v) is 5.86. The van der Waals surface area contributed by atoms with Crippen LogP contribution in [0.15, 0.2) is 29.8 Å². The molecule has 1 aliphatic heterocycles. The van der Waals surface area contributed by atoms with Crippen LogP contribution >= 0.6 is 0 Å². The van der Waals surface area contributed by atoms with Crippen molar-refractivity contribution in [3.8, 4) is 11.5 Å². The fraction of sp³-hybridized carbons (Fsp3) is 0.526. The van der Waals surface area contributed by atoms with E-state index in [2.05, 4.69) is 30.6 Å². The van der Waals surface area contributed by atoms with Gasteiger partial charge in [-0.3, -0.25) is 4.79 Å². The van der Waals surface area contributed by atoms with Crippen LogP contribution in [0, 0.1) is 0 Å². The number of hydrogen-bond acceptors (Lipinski definition) is 4. The van der Waals surface area contributed by atoms with E-state index in [4.69, 9.17) is 9.47 Å². The molecule has 0 unspecified atom stereocenters. The molecule has 1 aromatic carbocycles. The monoisotopic (exact) mass is 332 g/mol. The third-order valence-corrected chi connectivity index (χ3v) is 3.76. The summed E-state index contributed by atoms with van der Waals surface area (Å²) < 4.78 is 11.4. The highest BCUT2D eigenvalue weighted by molar-refractivity contribution is 5.95. The lowest BCUT2D eigenvalue weighted by Gasteiger charge is -2.16. The second kappa shape index (κ2) is 9.98. The minimum absolute atomic E-state index is 0.0853. The molecule has 24 heavy (non-hydrogen) atoms. The van der Waals surface area contributed by atoms with E-state index < -0.39 is 0 Å². The second-order valence-electron chi connectivity index (χ2n) is 5.86. The summed E-state index contributed by atoms with van der Waals surface area (Å²) in [6.07, 6.45) is 4.96. The van der Waals surface area contributed by atoms with Crippen molar-refractivity contribution in [2.75, 3.05) is 32.8 Å². The molecule has 1 amide bonds. The van der Waals surface area contributed by atoms with Crippen molar-refractivity contribution in [2.24, 2.45) is 0 Å². The summed E-state index contributed by atoms with van der Waals surface area (Å²) in [4.78, 5) is 12.4. The summed E-state index contributed by atoms with van der Waals surface area (Å²) in [6, 6.07) is 5.38. The fourth-order valence-corrected chi connectivity index (χ4v) is 2.43. The van der Waals surface area contributed by atoms with Crippen LogP contribution in [0.4, 0.5) is 0 Å². The van der Waals surface area contributed by atoms with Gasteiger partial charge in [0.1, 0.15) is 0 Å². The highest BCUT2D eigenvalue weighted by Crippen LogP contribution is 2.29. The maximum absolute atomic E-state index is 12.4. The fourth-order valence-electron chi connectivity index (χ4n) is 2.43. The van der Waals surface area contributed by atoms with Crippen LogP contribution in [0.2, 0.25) is 0 Å². The van der Waals surface area contributed by atoms with Gasteiger partial charge in [0.2, 0.25) is 0 Å². The predicted molar refractivity (Wildman–Crippen MR) is 95.9 cm³/mol. The van der Waals surface area contributed by atoms with Gasteiger partial charge in [-0.1, -0.05) is 25.5 Å². The summed E-state index contributed by atoms with van der Waals surface area (Å²) in [5.41, 5.74) is 1.87. The average Bonchev–Trinajstić information content (AvgIpc) is 2.63. The van der Waals surface area contributed by atoms with Crippen molar-refractivity contribution in [1.29, 1.82) is 0 Å². The Morgan fingerprint density at radius 3 is 2.58 bits per heavy atom. The first kappa shape index (κ1) is 18.3. The minimum Gasteiger partial charge on any atom is -0.490 e. The van der Waals surface area contributed by atoms with E-state index in [9.17, 15) is 4.79 Å². The molecule has 2 rings (SSSR count). The first-order chi connectivity index (χ1) is 11.7.